The Morgan fingerprint density at radius 3 is 2.27 bits per heavy atom. The number of piperidine rings is 1. The number of rotatable bonds is 5. The van der Waals surface area contributed by atoms with E-state index in [9.17, 15) is 9.59 Å². The number of hydrogen-bond donors (Lipinski definition) is 1. The van der Waals surface area contributed by atoms with E-state index in [0.29, 0.717) is 19.6 Å². The number of anilines is 1. The average molecular weight is 409 g/mol. The van der Waals surface area contributed by atoms with Crippen molar-refractivity contribution >= 4 is 17.6 Å². The summed E-state index contributed by atoms with van der Waals surface area (Å²) in [6, 6.07) is 10.4. The third kappa shape index (κ3) is 4.74. The lowest BCUT2D eigenvalue weighted by molar-refractivity contribution is -0.135. The first-order valence-electron chi connectivity index (χ1n) is 11.0. The van der Waals surface area contributed by atoms with Gasteiger partial charge in [-0.2, -0.15) is 5.10 Å². The summed E-state index contributed by atoms with van der Waals surface area (Å²) in [5, 5.41) is 7.44. The number of benzene rings is 1. The highest BCUT2D eigenvalue weighted by Gasteiger charge is 2.36. The molecule has 1 aromatic carbocycles. The molecule has 2 heterocycles. The van der Waals surface area contributed by atoms with Gasteiger partial charge in [0.05, 0.1) is 12.7 Å². The third-order valence-corrected chi connectivity index (χ3v) is 6.22. The monoisotopic (exact) mass is 408 g/mol. The van der Waals surface area contributed by atoms with E-state index in [-0.39, 0.29) is 29.1 Å². The van der Waals surface area contributed by atoms with E-state index in [2.05, 4.69) is 55.5 Å². The summed E-state index contributed by atoms with van der Waals surface area (Å²) >= 11 is 0. The van der Waals surface area contributed by atoms with Crippen molar-refractivity contribution in [1.82, 2.24) is 14.7 Å². The van der Waals surface area contributed by atoms with Crippen LogP contribution in [-0.2, 0) is 21.5 Å². The standard InChI is InChI=1S/C24H32N4O2/c1-24(2,3)20-8-4-17(5-9-20)16-28-21(10-13-25-28)26-22(29)18-11-14-27(15-12-18)23(30)19-6-7-19/h4-5,8-10,13,18-19H,6-7,11-12,14-16H2,1-3H3,(H,26,29). The van der Waals surface area contributed by atoms with Crippen LogP contribution in [0.1, 0.15) is 57.6 Å². The predicted octanol–water partition coefficient (Wildman–Crippen LogP) is 3.82. The molecule has 2 aliphatic rings. The number of hydrogen-bond acceptors (Lipinski definition) is 3. The molecular formula is C24H32N4O2. The molecule has 1 N–H and O–H groups in total. The van der Waals surface area contributed by atoms with E-state index in [0.717, 1.165) is 37.1 Å². The van der Waals surface area contributed by atoms with Crippen LogP contribution in [0, 0.1) is 11.8 Å². The van der Waals surface area contributed by atoms with Crippen molar-refractivity contribution in [1.29, 1.82) is 0 Å². The Morgan fingerprint density at radius 1 is 1.00 bits per heavy atom. The summed E-state index contributed by atoms with van der Waals surface area (Å²) in [4.78, 5) is 26.9. The molecule has 2 fully saturated rings. The molecule has 1 saturated carbocycles. The summed E-state index contributed by atoms with van der Waals surface area (Å²) in [5.74, 6) is 1.23. The number of likely N-dealkylation sites (tertiary alicyclic amines) is 1. The van der Waals surface area contributed by atoms with Crippen molar-refractivity contribution in [2.75, 3.05) is 18.4 Å². The van der Waals surface area contributed by atoms with E-state index in [1.54, 1.807) is 6.20 Å². The van der Waals surface area contributed by atoms with Crippen LogP contribution >= 0.6 is 0 Å². The highest BCUT2D eigenvalue weighted by Crippen LogP contribution is 2.32. The molecule has 30 heavy (non-hydrogen) atoms. The van der Waals surface area contributed by atoms with Gasteiger partial charge in [0.25, 0.3) is 0 Å². The smallest absolute Gasteiger partial charge is 0.228 e. The number of nitrogens with zero attached hydrogens (tertiary/aromatic N) is 3. The normalized spacial score (nSPS) is 17.8. The van der Waals surface area contributed by atoms with Crippen LogP contribution < -0.4 is 5.32 Å². The molecule has 2 aromatic rings. The molecule has 0 atom stereocenters. The Hall–Kier alpha value is -2.63. The van der Waals surface area contributed by atoms with Gasteiger partial charge in [0.15, 0.2) is 0 Å². The second-order valence-electron chi connectivity index (χ2n) is 9.68. The Labute approximate surface area is 178 Å². The van der Waals surface area contributed by atoms with Gasteiger partial charge >= 0.3 is 0 Å². The highest BCUT2D eigenvalue weighted by atomic mass is 16.2. The molecule has 0 bridgehead atoms. The second-order valence-corrected chi connectivity index (χ2v) is 9.68. The summed E-state index contributed by atoms with van der Waals surface area (Å²) in [6.07, 6.45) is 5.24. The molecule has 0 spiro atoms. The maximum absolute atomic E-state index is 12.8. The fraction of sp³-hybridized carbons (Fsp3) is 0.542. The zero-order valence-corrected chi connectivity index (χ0v) is 18.2. The molecule has 6 nitrogen and oxygen atoms in total. The lowest BCUT2D eigenvalue weighted by Gasteiger charge is -2.31. The Morgan fingerprint density at radius 2 is 1.67 bits per heavy atom. The molecule has 2 amide bonds. The van der Waals surface area contributed by atoms with Gasteiger partial charge < -0.3 is 10.2 Å². The van der Waals surface area contributed by atoms with Gasteiger partial charge in [-0.3, -0.25) is 9.59 Å². The Bertz CT molecular complexity index is 898. The zero-order chi connectivity index (χ0) is 21.3. The van der Waals surface area contributed by atoms with Gasteiger partial charge in [-0.15, -0.1) is 0 Å². The van der Waals surface area contributed by atoms with Crippen molar-refractivity contribution in [2.24, 2.45) is 11.8 Å². The predicted molar refractivity (Wildman–Crippen MR) is 117 cm³/mol. The van der Waals surface area contributed by atoms with E-state index in [1.165, 1.54) is 5.56 Å². The van der Waals surface area contributed by atoms with E-state index < -0.39 is 0 Å². The van der Waals surface area contributed by atoms with E-state index >= 15 is 0 Å². The first kappa shape index (κ1) is 20.6. The van der Waals surface area contributed by atoms with Gasteiger partial charge in [0.1, 0.15) is 5.82 Å². The van der Waals surface area contributed by atoms with Gasteiger partial charge in [0.2, 0.25) is 11.8 Å². The number of aromatic nitrogens is 2. The Kier molecular flexibility index (Phi) is 5.67. The minimum absolute atomic E-state index is 0.0263. The van der Waals surface area contributed by atoms with Crippen LogP contribution in [0.2, 0.25) is 0 Å². The summed E-state index contributed by atoms with van der Waals surface area (Å²) < 4.78 is 1.83. The Balaban J connectivity index is 1.33. The van der Waals surface area contributed by atoms with Crippen molar-refractivity contribution in [3.8, 4) is 0 Å². The fourth-order valence-corrected chi connectivity index (χ4v) is 4.03. The molecule has 1 aliphatic carbocycles. The van der Waals surface area contributed by atoms with Gasteiger partial charge in [-0.05, 0) is 42.2 Å². The molecule has 0 unspecified atom stereocenters. The first-order valence-corrected chi connectivity index (χ1v) is 11.0. The third-order valence-electron chi connectivity index (χ3n) is 6.22. The number of amides is 2. The van der Waals surface area contributed by atoms with E-state index in [1.807, 2.05) is 15.6 Å². The van der Waals surface area contributed by atoms with Crippen LogP contribution in [0.25, 0.3) is 0 Å². The van der Waals surface area contributed by atoms with Crippen LogP contribution in [0.3, 0.4) is 0 Å². The van der Waals surface area contributed by atoms with Crippen LogP contribution in [0.5, 0.6) is 0 Å². The van der Waals surface area contributed by atoms with Crippen molar-refractivity contribution in [3.05, 3.63) is 47.7 Å². The van der Waals surface area contributed by atoms with Crippen molar-refractivity contribution in [2.45, 2.75) is 58.4 Å². The summed E-state index contributed by atoms with van der Waals surface area (Å²) in [6.45, 7) is 8.60. The minimum atomic E-state index is -0.0531. The number of carbonyl (C=O) groups is 2. The van der Waals surface area contributed by atoms with Crippen molar-refractivity contribution in [3.63, 3.8) is 0 Å². The van der Waals surface area contributed by atoms with Crippen LogP contribution in [-0.4, -0.2) is 39.6 Å². The summed E-state index contributed by atoms with van der Waals surface area (Å²) in [5.41, 5.74) is 2.57. The molecule has 4 rings (SSSR count). The largest absolute Gasteiger partial charge is 0.342 e. The molecule has 1 aliphatic heterocycles. The zero-order valence-electron chi connectivity index (χ0n) is 18.2. The molecule has 1 aromatic heterocycles. The van der Waals surface area contributed by atoms with E-state index in [4.69, 9.17) is 0 Å². The lowest BCUT2D eigenvalue weighted by Crippen LogP contribution is -2.42. The molecule has 160 valence electrons. The molecular weight excluding hydrogens is 376 g/mol. The quantitative estimate of drug-likeness (QED) is 0.818. The van der Waals surface area contributed by atoms with Crippen molar-refractivity contribution < 1.29 is 9.59 Å². The maximum Gasteiger partial charge on any atom is 0.228 e. The van der Waals surface area contributed by atoms with Crippen LogP contribution in [0.15, 0.2) is 36.5 Å². The fourth-order valence-electron chi connectivity index (χ4n) is 4.03. The second kappa shape index (κ2) is 8.25. The number of carbonyl (C=O) groups excluding carboxylic acids is 2. The van der Waals surface area contributed by atoms with Gasteiger partial charge in [-0.1, -0.05) is 45.0 Å². The first-order chi connectivity index (χ1) is 14.3. The lowest BCUT2D eigenvalue weighted by atomic mass is 9.87. The van der Waals surface area contributed by atoms with Gasteiger partial charge in [0, 0.05) is 31.0 Å². The summed E-state index contributed by atoms with van der Waals surface area (Å²) in [7, 11) is 0. The highest BCUT2D eigenvalue weighted by molar-refractivity contribution is 5.92. The van der Waals surface area contributed by atoms with Crippen LogP contribution in [0.4, 0.5) is 5.82 Å². The SMILES string of the molecule is CC(C)(C)c1ccc(Cn2nccc2NC(=O)C2CCN(C(=O)C3CC3)CC2)cc1. The molecule has 6 heteroatoms. The topological polar surface area (TPSA) is 67.2 Å². The minimum Gasteiger partial charge on any atom is -0.342 e. The average Bonchev–Trinajstić information content (AvgIpc) is 3.49. The molecule has 1 saturated heterocycles. The molecule has 0 radical (unpaired) electrons. The number of nitrogens with one attached hydrogen (secondary N) is 1. The maximum atomic E-state index is 12.8. The van der Waals surface area contributed by atoms with Gasteiger partial charge in [-0.25, -0.2) is 4.68 Å².